The van der Waals surface area contributed by atoms with Crippen LogP contribution in [0.1, 0.15) is 31.3 Å². The second-order valence-corrected chi connectivity index (χ2v) is 5.72. The SMILES string of the molecule is O=C(O)c1cc(C(=O)[O-])nc(C(=O)[O-])c1.[Ni+2].[OH3+].c1cnc2c(c1)ccc1cccnc12. The van der Waals surface area contributed by atoms with Gasteiger partial charge in [0.1, 0.15) is 0 Å². The van der Waals surface area contributed by atoms with E-state index in [0.29, 0.717) is 12.1 Å². The number of nitrogens with zero attached hydrogens (tertiary/aromatic N) is 3. The molecule has 4 aromatic rings. The maximum atomic E-state index is 10.5. The quantitative estimate of drug-likeness (QED) is 0.232. The molecule has 0 atom stereocenters. The normalized spacial score (nSPS) is 9.55. The van der Waals surface area contributed by atoms with Crippen LogP contribution >= 0.6 is 0 Å². The average Bonchev–Trinajstić information content (AvgIpc) is 2.73. The minimum Gasteiger partial charge on any atom is -0.543 e. The van der Waals surface area contributed by atoms with Crippen molar-refractivity contribution in [1.29, 1.82) is 0 Å². The van der Waals surface area contributed by atoms with E-state index in [1.54, 1.807) is 12.4 Å². The van der Waals surface area contributed by atoms with Gasteiger partial charge in [0.05, 0.1) is 39.9 Å². The molecule has 3 heterocycles. The molecule has 4 N–H and O–H groups in total. The van der Waals surface area contributed by atoms with Gasteiger partial charge in [0, 0.05) is 23.2 Å². The summed E-state index contributed by atoms with van der Waals surface area (Å²) >= 11 is 0. The maximum Gasteiger partial charge on any atom is 2.00 e. The summed E-state index contributed by atoms with van der Waals surface area (Å²) in [6, 6.07) is 13.5. The van der Waals surface area contributed by atoms with E-state index >= 15 is 0 Å². The molecule has 0 radical (unpaired) electrons. The standard InChI is InChI=1S/C12H8N2.C8H5NO6.Ni.H2O/c1-3-9-5-6-10-4-2-8-14-12(10)11(9)13-7-1;10-6(11)3-1-4(7(12)13)9-5(2-3)8(14)15;;/h1-8H;1-2H,(H,10,11)(H,12,13)(H,14,15);;1H2/q;;+2;/p-1. The van der Waals surface area contributed by atoms with E-state index in [4.69, 9.17) is 5.11 Å². The number of rotatable bonds is 3. The van der Waals surface area contributed by atoms with E-state index in [1.165, 1.54) is 0 Å². The van der Waals surface area contributed by atoms with Crippen LogP contribution in [0.2, 0.25) is 0 Å². The second-order valence-electron chi connectivity index (χ2n) is 5.72. The van der Waals surface area contributed by atoms with Gasteiger partial charge in [-0.1, -0.05) is 24.3 Å². The molecule has 1 aromatic carbocycles. The Morgan fingerprint density at radius 3 is 1.55 bits per heavy atom. The van der Waals surface area contributed by atoms with Crippen molar-refractivity contribution in [3.05, 3.63) is 77.9 Å². The molecule has 0 aliphatic rings. The number of fused-ring (bicyclic) bond motifs is 3. The molecule has 3 aromatic heterocycles. The third kappa shape index (κ3) is 5.78. The fourth-order valence-electron chi connectivity index (χ4n) is 2.54. The fourth-order valence-corrected chi connectivity index (χ4v) is 2.54. The van der Waals surface area contributed by atoms with Gasteiger partial charge in [-0.25, -0.2) is 9.78 Å². The van der Waals surface area contributed by atoms with Crippen molar-refractivity contribution in [2.24, 2.45) is 0 Å². The molecule has 10 nitrogen and oxygen atoms in total. The second kappa shape index (κ2) is 10.7. The Labute approximate surface area is 184 Å². The van der Waals surface area contributed by atoms with Crippen LogP contribution in [0.25, 0.3) is 21.8 Å². The predicted octanol–water partition coefficient (Wildman–Crippen LogP) is -0.635. The molecule has 0 amide bonds. The summed E-state index contributed by atoms with van der Waals surface area (Å²) in [5.74, 6) is -5.00. The monoisotopic (exact) mass is 466 g/mol. The van der Waals surface area contributed by atoms with Crippen LogP contribution in [-0.4, -0.2) is 38.0 Å². The number of pyridine rings is 3. The molecule has 11 heteroatoms. The van der Waals surface area contributed by atoms with Crippen molar-refractivity contribution in [1.82, 2.24) is 15.0 Å². The molecular formula is C20H14N3NiO7+. The van der Waals surface area contributed by atoms with Crippen LogP contribution < -0.4 is 10.2 Å². The summed E-state index contributed by atoms with van der Waals surface area (Å²) in [5.41, 5.74) is -0.0946. The predicted molar refractivity (Wildman–Crippen MR) is 102 cm³/mol. The maximum absolute atomic E-state index is 10.5. The molecule has 0 saturated carbocycles. The van der Waals surface area contributed by atoms with Gasteiger partial charge in [-0.2, -0.15) is 0 Å². The zero-order chi connectivity index (χ0) is 21.0. The Morgan fingerprint density at radius 1 is 0.774 bits per heavy atom. The van der Waals surface area contributed by atoms with E-state index in [9.17, 15) is 24.6 Å². The van der Waals surface area contributed by atoms with Gasteiger partial charge in [0.25, 0.3) is 0 Å². The van der Waals surface area contributed by atoms with E-state index in [2.05, 4.69) is 39.2 Å². The van der Waals surface area contributed by atoms with Crippen LogP contribution in [-0.2, 0) is 22.0 Å². The number of carboxylic acid groups (broad SMARTS) is 3. The Kier molecular flexibility index (Phi) is 8.68. The van der Waals surface area contributed by atoms with Gasteiger partial charge in [-0.3, -0.25) is 9.97 Å². The molecule has 0 saturated heterocycles. The summed E-state index contributed by atoms with van der Waals surface area (Å²) in [6.07, 6.45) is 3.60. The first-order valence-electron chi connectivity index (χ1n) is 8.13. The van der Waals surface area contributed by atoms with Crippen LogP contribution in [0.3, 0.4) is 0 Å². The zero-order valence-corrected chi connectivity index (χ0v) is 16.5. The average molecular weight is 467 g/mol. The molecule has 31 heavy (non-hydrogen) atoms. The minimum absolute atomic E-state index is 0. The first kappa shape index (κ1) is 25.1. The van der Waals surface area contributed by atoms with Crippen molar-refractivity contribution in [2.75, 3.05) is 0 Å². The molecule has 160 valence electrons. The fraction of sp³-hybridized carbons (Fsp3) is 0. The van der Waals surface area contributed by atoms with Crippen LogP contribution in [0, 0.1) is 0 Å². The van der Waals surface area contributed by atoms with Gasteiger partial charge in [0.15, 0.2) is 0 Å². The third-order valence-electron chi connectivity index (χ3n) is 3.84. The van der Waals surface area contributed by atoms with Crippen LogP contribution in [0.15, 0.2) is 60.9 Å². The van der Waals surface area contributed by atoms with Crippen LogP contribution in [0.5, 0.6) is 0 Å². The van der Waals surface area contributed by atoms with Gasteiger partial charge < -0.3 is 30.4 Å². The minimum atomic E-state index is -1.76. The molecular weight excluding hydrogens is 453 g/mol. The molecule has 0 fully saturated rings. The van der Waals surface area contributed by atoms with E-state index < -0.39 is 34.9 Å². The van der Waals surface area contributed by atoms with Crippen molar-refractivity contribution < 1.29 is 51.7 Å². The topological polar surface area (TPSA) is 189 Å². The van der Waals surface area contributed by atoms with Gasteiger partial charge in [0.2, 0.25) is 0 Å². The zero-order valence-electron chi connectivity index (χ0n) is 15.5. The smallest absolute Gasteiger partial charge is 0.543 e. The Bertz CT molecular complexity index is 1130. The largest absolute Gasteiger partial charge is 2.00 e. The number of aromatic nitrogens is 3. The summed E-state index contributed by atoms with van der Waals surface area (Å²) in [6.45, 7) is 0. The van der Waals surface area contributed by atoms with E-state index in [-0.39, 0.29) is 22.0 Å². The molecule has 0 spiro atoms. The summed E-state index contributed by atoms with van der Waals surface area (Å²) < 4.78 is 0. The first-order valence-corrected chi connectivity index (χ1v) is 8.13. The summed E-state index contributed by atoms with van der Waals surface area (Å²) in [7, 11) is 0. The molecule has 0 bridgehead atoms. The molecule has 0 aliphatic heterocycles. The molecule has 0 unspecified atom stereocenters. The number of benzene rings is 1. The van der Waals surface area contributed by atoms with E-state index in [1.807, 2.05) is 12.1 Å². The number of hydrogen-bond donors (Lipinski definition) is 1. The Hall–Kier alpha value is -3.95. The van der Waals surface area contributed by atoms with Crippen molar-refractivity contribution in [3.8, 4) is 0 Å². The number of hydrogen-bond acceptors (Lipinski definition) is 8. The number of aromatic carboxylic acids is 3. The summed E-state index contributed by atoms with van der Waals surface area (Å²) in [4.78, 5) is 43.1. The Morgan fingerprint density at radius 2 is 1.19 bits per heavy atom. The number of carbonyl (C=O) groups is 3. The van der Waals surface area contributed by atoms with E-state index in [0.717, 1.165) is 21.8 Å². The summed E-state index contributed by atoms with van der Waals surface area (Å²) in [5, 5.41) is 31.6. The van der Waals surface area contributed by atoms with Crippen LogP contribution in [0.4, 0.5) is 0 Å². The number of carbonyl (C=O) groups excluding carboxylic acids is 2. The van der Waals surface area contributed by atoms with Gasteiger partial charge >= 0.3 is 22.5 Å². The van der Waals surface area contributed by atoms with Gasteiger partial charge in [-0.05, 0) is 24.3 Å². The molecule has 4 rings (SSSR count). The van der Waals surface area contributed by atoms with Crippen molar-refractivity contribution >= 4 is 39.7 Å². The van der Waals surface area contributed by atoms with Crippen molar-refractivity contribution in [2.45, 2.75) is 0 Å². The van der Waals surface area contributed by atoms with Gasteiger partial charge in [-0.15, -0.1) is 0 Å². The Balaban J connectivity index is 0.000000291. The number of carboxylic acids is 3. The third-order valence-corrected chi connectivity index (χ3v) is 3.84. The van der Waals surface area contributed by atoms with Crippen molar-refractivity contribution in [3.63, 3.8) is 0 Å². The molecule has 0 aliphatic carbocycles. The first-order chi connectivity index (χ1) is 13.9.